The number of rotatable bonds is 3. The van der Waals surface area contributed by atoms with Gasteiger partial charge in [-0.05, 0) is 71.2 Å². The first-order valence-corrected chi connectivity index (χ1v) is 8.91. The number of hydrogen-bond acceptors (Lipinski definition) is 2. The Hall–Kier alpha value is -0.850. The van der Waals surface area contributed by atoms with Crippen LogP contribution in [0, 0.1) is 13.8 Å². The first-order chi connectivity index (χ1) is 9.28. The van der Waals surface area contributed by atoms with Gasteiger partial charge >= 0.3 is 0 Å². The molecule has 0 bridgehead atoms. The van der Waals surface area contributed by atoms with Crippen LogP contribution in [0.1, 0.15) is 11.1 Å². The summed E-state index contributed by atoms with van der Waals surface area (Å²) in [7, 11) is -3.63. The lowest BCUT2D eigenvalue weighted by Gasteiger charge is -2.11. The SMILES string of the molecule is Cc1cc(C)cc(NS(=O)(=O)c2cc(Br)ccc2Br)c1. The van der Waals surface area contributed by atoms with Crippen LogP contribution in [-0.4, -0.2) is 8.42 Å². The van der Waals surface area contributed by atoms with E-state index >= 15 is 0 Å². The fourth-order valence-corrected chi connectivity index (χ4v) is 4.47. The van der Waals surface area contributed by atoms with Crippen LogP contribution in [0.3, 0.4) is 0 Å². The number of sulfonamides is 1. The van der Waals surface area contributed by atoms with Crippen LogP contribution in [0.4, 0.5) is 5.69 Å². The number of aryl methyl sites for hydroxylation is 2. The summed E-state index contributed by atoms with van der Waals surface area (Å²) in [6.45, 7) is 3.86. The maximum absolute atomic E-state index is 12.4. The number of nitrogens with one attached hydrogen (secondary N) is 1. The molecule has 0 heterocycles. The maximum atomic E-state index is 12.4. The zero-order valence-electron chi connectivity index (χ0n) is 10.9. The average Bonchev–Trinajstić information content (AvgIpc) is 2.30. The molecule has 0 amide bonds. The molecule has 0 fully saturated rings. The highest BCUT2D eigenvalue weighted by Crippen LogP contribution is 2.27. The van der Waals surface area contributed by atoms with Gasteiger partial charge in [0, 0.05) is 14.6 Å². The van der Waals surface area contributed by atoms with Crippen LogP contribution in [0.25, 0.3) is 0 Å². The Labute approximate surface area is 135 Å². The summed E-state index contributed by atoms with van der Waals surface area (Å²) in [5.74, 6) is 0. The van der Waals surface area contributed by atoms with Crippen molar-refractivity contribution in [3.8, 4) is 0 Å². The molecule has 1 N–H and O–H groups in total. The normalized spacial score (nSPS) is 11.4. The summed E-state index contributed by atoms with van der Waals surface area (Å²) in [4.78, 5) is 0.200. The van der Waals surface area contributed by atoms with Crippen LogP contribution in [-0.2, 0) is 10.0 Å². The quantitative estimate of drug-likeness (QED) is 0.789. The van der Waals surface area contributed by atoms with Gasteiger partial charge in [0.2, 0.25) is 0 Å². The number of benzene rings is 2. The van der Waals surface area contributed by atoms with Gasteiger partial charge in [-0.2, -0.15) is 0 Å². The van der Waals surface area contributed by atoms with E-state index in [0.29, 0.717) is 14.6 Å². The Morgan fingerprint density at radius 2 is 1.55 bits per heavy atom. The van der Waals surface area contributed by atoms with Gasteiger partial charge in [0.05, 0.1) is 0 Å². The van der Waals surface area contributed by atoms with Gasteiger partial charge in [-0.25, -0.2) is 8.42 Å². The van der Waals surface area contributed by atoms with Crippen molar-refractivity contribution < 1.29 is 8.42 Å². The van der Waals surface area contributed by atoms with Crippen molar-refractivity contribution in [1.82, 2.24) is 0 Å². The van der Waals surface area contributed by atoms with E-state index in [1.54, 1.807) is 30.3 Å². The van der Waals surface area contributed by atoms with Crippen molar-refractivity contribution in [1.29, 1.82) is 0 Å². The Balaban J connectivity index is 2.43. The molecular formula is C14H13Br2NO2S. The lowest BCUT2D eigenvalue weighted by molar-refractivity contribution is 0.600. The molecule has 2 rings (SSSR count). The van der Waals surface area contributed by atoms with E-state index in [9.17, 15) is 8.42 Å². The molecule has 6 heteroatoms. The van der Waals surface area contributed by atoms with Crippen molar-refractivity contribution in [2.75, 3.05) is 4.72 Å². The summed E-state index contributed by atoms with van der Waals surface area (Å²) in [6, 6.07) is 10.6. The third-order valence-electron chi connectivity index (χ3n) is 2.66. The van der Waals surface area contributed by atoms with Crippen molar-refractivity contribution in [3.63, 3.8) is 0 Å². The highest BCUT2D eigenvalue weighted by Gasteiger charge is 2.18. The van der Waals surface area contributed by atoms with Gasteiger partial charge in [0.25, 0.3) is 10.0 Å². The van der Waals surface area contributed by atoms with E-state index in [-0.39, 0.29) is 4.90 Å². The van der Waals surface area contributed by atoms with E-state index in [4.69, 9.17) is 0 Å². The first kappa shape index (κ1) is 15.5. The molecule has 2 aromatic carbocycles. The zero-order valence-corrected chi connectivity index (χ0v) is 14.9. The largest absolute Gasteiger partial charge is 0.280 e. The number of hydrogen-bond donors (Lipinski definition) is 1. The maximum Gasteiger partial charge on any atom is 0.263 e. The summed E-state index contributed by atoms with van der Waals surface area (Å²) in [6.07, 6.45) is 0. The van der Waals surface area contributed by atoms with Crippen LogP contribution in [0.15, 0.2) is 50.2 Å². The summed E-state index contributed by atoms with van der Waals surface area (Å²) in [5.41, 5.74) is 2.58. The molecule has 20 heavy (non-hydrogen) atoms. The van der Waals surface area contributed by atoms with Crippen LogP contribution in [0.5, 0.6) is 0 Å². The minimum atomic E-state index is -3.63. The molecule has 106 valence electrons. The van der Waals surface area contributed by atoms with Gasteiger partial charge in [-0.1, -0.05) is 22.0 Å². The molecule has 0 saturated heterocycles. The zero-order chi connectivity index (χ0) is 14.9. The molecule has 0 aliphatic carbocycles. The molecule has 0 aliphatic heterocycles. The van der Waals surface area contributed by atoms with Gasteiger partial charge in [-0.3, -0.25) is 4.72 Å². The lowest BCUT2D eigenvalue weighted by Crippen LogP contribution is -2.13. The smallest absolute Gasteiger partial charge is 0.263 e. The lowest BCUT2D eigenvalue weighted by atomic mass is 10.1. The summed E-state index contributed by atoms with van der Waals surface area (Å²) < 4.78 is 28.7. The predicted octanol–water partition coefficient (Wildman–Crippen LogP) is 4.63. The molecule has 0 saturated carbocycles. The minimum absolute atomic E-state index is 0.200. The molecule has 0 atom stereocenters. The predicted molar refractivity (Wildman–Crippen MR) is 88.6 cm³/mol. The summed E-state index contributed by atoms with van der Waals surface area (Å²) >= 11 is 6.55. The highest BCUT2D eigenvalue weighted by molar-refractivity contribution is 9.11. The van der Waals surface area contributed by atoms with E-state index < -0.39 is 10.0 Å². The van der Waals surface area contributed by atoms with Crippen molar-refractivity contribution in [2.45, 2.75) is 18.7 Å². The van der Waals surface area contributed by atoms with Crippen molar-refractivity contribution in [3.05, 3.63) is 56.5 Å². The van der Waals surface area contributed by atoms with Crippen LogP contribution >= 0.6 is 31.9 Å². The molecule has 0 spiro atoms. The van der Waals surface area contributed by atoms with Crippen molar-refractivity contribution in [2.24, 2.45) is 0 Å². The molecule has 2 aromatic rings. The fourth-order valence-electron chi connectivity index (χ4n) is 1.93. The molecule has 0 aromatic heterocycles. The third-order valence-corrected chi connectivity index (χ3v) is 5.53. The second-order valence-electron chi connectivity index (χ2n) is 4.56. The second kappa shape index (κ2) is 5.87. The minimum Gasteiger partial charge on any atom is -0.280 e. The third kappa shape index (κ3) is 3.62. The molecule has 3 nitrogen and oxygen atoms in total. The fraction of sp³-hybridized carbons (Fsp3) is 0.143. The molecular weight excluding hydrogens is 406 g/mol. The average molecular weight is 419 g/mol. The number of halogens is 2. The van der Waals surface area contributed by atoms with E-state index in [1.165, 1.54) is 0 Å². The second-order valence-corrected chi connectivity index (χ2v) is 7.98. The Morgan fingerprint density at radius 1 is 0.950 bits per heavy atom. The van der Waals surface area contributed by atoms with E-state index in [2.05, 4.69) is 36.6 Å². The van der Waals surface area contributed by atoms with E-state index in [1.807, 2.05) is 19.9 Å². The highest BCUT2D eigenvalue weighted by atomic mass is 79.9. The Bertz CT molecular complexity index is 738. The topological polar surface area (TPSA) is 46.2 Å². The first-order valence-electron chi connectivity index (χ1n) is 5.84. The van der Waals surface area contributed by atoms with Gasteiger partial charge in [-0.15, -0.1) is 0 Å². The van der Waals surface area contributed by atoms with Gasteiger partial charge < -0.3 is 0 Å². The molecule has 0 unspecified atom stereocenters. The van der Waals surface area contributed by atoms with Crippen LogP contribution in [0.2, 0.25) is 0 Å². The molecule has 0 radical (unpaired) electrons. The Morgan fingerprint density at radius 3 is 2.15 bits per heavy atom. The Kier molecular flexibility index (Phi) is 4.56. The van der Waals surface area contributed by atoms with E-state index in [0.717, 1.165) is 11.1 Å². The van der Waals surface area contributed by atoms with Gasteiger partial charge in [0.15, 0.2) is 0 Å². The number of anilines is 1. The van der Waals surface area contributed by atoms with Crippen molar-refractivity contribution >= 4 is 47.6 Å². The monoisotopic (exact) mass is 417 g/mol. The van der Waals surface area contributed by atoms with Gasteiger partial charge in [0.1, 0.15) is 4.90 Å². The molecule has 0 aliphatic rings. The summed E-state index contributed by atoms with van der Waals surface area (Å²) in [5, 5.41) is 0. The van der Waals surface area contributed by atoms with Crippen LogP contribution < -0.4 is 4.72 Å². The standard InChI is InChI=1S/C14H13Br2NO2S/c1-9-5-10(2)7-12(6-9)17-20(18,19)14-8-11(15)3-4-13(14)16/h3-8,17H,1-2H3.